The largest absolute Gasteiger partial charge is 0.0882 e. The highest BCUT2D eigenvalue weighted by Gasteiger charge is 2.15. The smallest absolute Gasteiger partial charge is 0.0194 e. The molecule has 2 aliphatic rings. The molecule has 12 heavy (non-hydrogen) atoms. The minimum Gasteiger partial charge on any atom is -0.0882 e. The Kier molecular flexibility index (Phi) is 2.65. The second-order valence-corrected chi connectivity index (χ2v) is 3.88. The Hall–Kier alpha value is -0.520. The third-order valence-corrected chi connectivity index (χ3v) is 2.84. The Morgan fingerprint density at radius 3 is 2.33 bits per heavy atom. The molecule has 1 radical (unpaired) electrons. The summed E-state index contributed by atoms with van der Waals surface area (Å²) in [5.41, 5.74) is 0. The summed E-state index contributed by atoms with van der Waals surface area (Å²) in [6.45, 7) is 0. The van der Waals surface area contributed by atoms with Gasteiger partial charge in [-0.3, -0.25) is 0 Å². The van der Waals surface area contributed by atoms with Crippen LogP contribution in [0, 0.1) is 18.3 Å². The highest BCUT2D eigenvalue weighted by atomic mass is 14.2. The molecular formula is C12H17. The van der Waals surface area contributed by atoms with E-state index >= 15 is 0 Å². The Balaban J connectivity index is 1.81. The van der Waals surface area contributed by atoms with Gasteiger partial charge in [-0.15, -0.1) is 0 Å². The zero-order valence-corrected chi connectivity index (χ0v) is 7.58. The minimum absolute atomic E-state index is 0.770. The van der Waals surface area contributed by atoms with E-state index in [1.165, 1.54) is 32.1 Å². The Labute approximate surface area is 75.4 Å². The number of hydrogen-bond donors (Lipinski definition) is 0. The molecule has 2 atom stereocenters. The van der Waals surface area contributed by atoms with Crippen LogP contribution in [0.1, 0.15) is 32.1 Å². The summed E-state index contributed by atoms with van der Waals surface area (Å²) in [6, 6.07) is 0. The summed E-state index contributed by atoms with van der Waals surface area (Å²) < 4.78 is 0. The van der Waals surface area contributed by atoms with Gasteiger partial charge in [-0.25, -0.2) is 0 Å². The molecule has 0 saturated heterocycles. The minimum atomic E-state index is 0.770. The summed E-state index contributed by atoms with van der Waals surface area (Å²) in [7, 11) is 0. The van der Waals surface area contributed by atoms with Crippen LogP contribution in [0.5, 0.6) is 0 Å². The predicted molar refractivity (Wildman–Crippen MR) is 52.6 cm³/mol. The van der Waals surface area contributed by atoms with Crippen LogP contribution >= 0.6 is 0 Å². The quantitative estimate of drug-likeness (QED) is 0.544. The fourth-order valence-corrected chi connectivity index (χ4v) is 2.13. The van der Waals surface area contributed by atoms with Crippen molar-refractivity contribution in [3.05, 3.63) is 30.7 Å². The summed E-state index contributed by atoms with van der Waals surface area (Å²) >= 11 is 0. The average molecular weight is 161 g/mol. The number of rotatable bonds is 2. The van der Waals surface area contributed by atoms with Crippen LogP contribution in [0.3, 0.4) is 0 Å². The van der Waals surface area contributed by atoms with Crippen LogP contribution in [-0.2, 0) is 0 Å². The first kappa shape index (κ1) is 8.10. The lowest BCUT2D eigenvalue weighted by molar-refractivity contribution is 0.540. The van der Waals surface area contributed by atoms with Crippen molar-refractivity contribution in [2.45, 2.75) is 32.1 Å². The standard InChI is InChI=1S/C12H17/c1-2-6-11(7-3-1)10-12-8-4-5-9-12/h2,4,6,8,10-12H,1,3,5,7,9H2. The topological polar surface area (TPSA) is 0 Å². The first-order valence-electron chi connectivity index (χ1n) is 5.13. The van der Waals surface area contributed by atoms with Gasteiger partial charge < -0.3 is 0 Å². The van der Waals surface area contributed by atoms with E-state index in [2.05, 4.69) is 30.7 Å². The van der Waals surface area contributed by atoms with Crippen LogP contribution in [0.2, 0.25) is 0 Å². The van der Waals surface area contributed by atoms with Crippen molar-refractivity contribution in [2.75, 3.05) is 0 Å². The summed E-state index contributed by atoms with van der Waals surface area (Å²) in [6.07, 6.45) is 18.6. The van der Waals surface area contributed by atoms with Gasteiger partial charge in [-0.2, -0.15) is 0 Å². The molecule has 0 amide bonds. The first-order chi connectivity index (χ1) is 5.95. The fraction of sp³-hybridized carbons (Fsp3) is 0.583. The van der Waals surface area contributed by atoms with Crippen molar-refractivity contribution in [3.63, 3.8) is 0 Å². The zero-order valence-electron chi connectivity index (χ0n) is 7.58. The van der Waals surface area contributed by atoms with Crippen molar-refractivity contribution in [1.29, 1.82) is 0 Å². The lowest BCUT2D eigenvalue weighted by Gasteiger charge is -2.18. The van der Waals surface area contributed by atoms with Crippen LogP contribution < -0.4 is 0 Å². The Morgan fingerprint density at radius 2 is 1.67 bits per heavy atom. The number of allylic oxidation sites excluding steroid dienone is 4. The van der Waals surface area contributed by atoms with E-state index in [1.807, 2.05) is 0 Å². The molecule has 2 unspecified atom stereocenters. The zero-order chi connectivity index (χ0) is 8.23. The molecule has 0 aromatic heterocycles. The van der Waals surface area contributed by atoms with E-state index in [-0.39, 0.29) is 0 Å². The summed E-state index contributed by atoms with van der Waals surface area (Å²) in [5, 5.41) is 0. The lowest BCUT2D eigenvalue weighted by Crippen LogP contribution is -2.06. The fourth-order valence-electron chi connectivity index (χ4n) is 2.13. The predicted octanol–water partition coefficient (Wildman–Crippen LogP) is 3.51. The van der Waals surface area contributed by atoms with Crippen LogP contribution in [0.4, 0.5) is 0 Å². The van der Waals surface area contributed by atoms with Crippen LogP contribution in [0.15, 0.2) is 24.3 Å². The molecule has 0 aromatic carbocycles. The lowest BCUT2D eigenvalue weighted by atomic mass is 9.87. The van der Waals surface area contributed by atoms with E-state index in [0.29, 0.717) is 0 Å². The van der Waals surface area contributed by atoms with Crippen molar-refractivity contribution in [1.82, 2.24) is 0 Å². The van der Waals surface area contributed by atoms with E-state index in [1.54, 1.807) is 0 Å². The second-order valence-electron chi connectivity index (χ2n) is 3.88. The molecule has 2 aliphatic carbocycles. The van der Waals surface area contributed by atoms with Crippen molar-refractivity contribution >= 4 is 0 Å². The Bertz CT molecular complexity index is 188. The monoisotopic (exact) mass is 161 g/mol. The maximum atomic E-state index is 2.53. The highest BCUT2D eigenvalue weighted by Crippen LogP contribution is 2.28. The summed E-state index contributed by atoms with van der Waals surface area (Å²) in [5.74, 6) is 1.55. The van der Waals surface area contributed by atoms with Gasteiger partial charge in [0, 0.05) is 0 Å². The van der Waals surface area contributed by atoms with Gasteiger partial charge in [0.1, 0.15) is 0 Å². The van der Waals surface area contributed by atoms with Gasteiger partial charge in [0.05, 0.1) is 0 Å². The van der Waals surface area contributed by atoms with E-state index < -0.39 is 0 Å². The molecule has 0 spiro atoms. The Morgan fingerprint density at radius 1 is 0.917 bits per heavy atom. The molecular weight excluding hydrogens is 144 g/mol. The molecule has 0 fully saturated rings. The van der Waals surface area contributed by atoms with Gasteiger partial charge in [0.25, 0.3) is 0 Å². The molecule has 65 valence electrons. The van der Waals surface area contributed by atoms with Gasteiger partial charge in [0.2, 0.25) is 0 Å². The molecule has 0 N–H and O–H groups in total. The molecule has 0 heteroatoms. The molecule has 2 rings (SSSR count). The molecule has 0 aliphatic heterocycles. The maximum Gasteiger partial charge on any atom is -0.0194 e. The molecule has 0 heterocycles. The SMILES string of the molecule is [CH](C1C=CCC1)C1C=CCCC1. The molecule has 0 saturated carbocycles. The van der Waals surface area contributed by atoms with Gasteiger partial charge in [-0.1, -0.05) is 24.3 Å². The van der Waals surface area contributed by atoms with Crippen molar-refractivity contribution in [3.8, 4) is 0 Å². The average Bonchev–Trinajstić information content (AvgIpc) is 2.59. The maximum absolute atomic E-state index is 2.53. The molecule has 0 aromatic rings. The van der Waals surface area contributed by atoms with Crippen molar-refractivity contribution < 1.29 is 0 Å². The van der Waals surface area contributed by atoms with Gasteiger partial charge in [-0.05, 0) is 50.4 Å². The van der Waals surface area contributed by atoms with E-state index in [0.717, 1.165) is 11.8 Å². The first-order valence-corrected chi connectivity index (χ1v) is 5.13. The van der Waals surface area contributed by atoms with Crippen LogP contribution in [0.25, 0.3) is 0 Å². The summed E-state index contributed by atoms with van der Waals surface area (Å²) in [4.78, 5) is 0. The van der Waals surface area contributed by atoms with Crippen molar-refractivity contribution in [2.24, 2.45) is 11.8 Å². The van der Waals surface area contributed by atoms with Crippen LogP contribution in [-0.4, -0.2) is 0 Å². The normalized spacial score (nSPS) is 34.3. The van der Waals surface area contributed by atoms with Gasteiger partial charge in [0.15, 0.2) is 0 Å². The third-order valence-electron chi connectivity index (χ3n) is 2.84. The number of hydrogen-bond acceptors (Lipinski definition) is 0. The third kappa shape index (κ3) is 2.00. The van der Waals surface area contributed by atoms with E-state index in [9.17, 15) is 0 Å². The molecule has 0 nitrogen and oxygen atoms in total. The molecule has 0 bridgehead atoms. The van der Waals surface area contributed by atoms with Gasteiger partial charge >= 0.3 is 0 Å². The highest BCUT2D eigenvalue weighted by molar-refractivity contribution is 5.08. The second kappa shape index (κ2) is 3.93. The van der Waals surface area contributed by atoms with E-state index in [4.69, 9.17) is 0 Å².